The number of benzene rings is 3. The van der Waals surface area contributed by atoms with Crippen molar-refractivity contribution in [3.63, 3.8) is 0 Å². The van der Waals surface area contributed by atoms with Crippen LogP contribution in [0.1, 0.15) is 45.8 Å². The largest absolute Gasteiger partial charge is 0.356 e. The van der Waals surface area contributed by atoms with Crippen LogP contribution in [0.15, 0.2) is 97.3 Å². The number of halogens is 1. The number of nitrogens with one attached hydrogen (secondary N) is 1. The first-order valence-corrected chi connectivity index (χ1v) is 13.0. The Morgan fingerprint density at radius 2 is 1.68 bits per heavy atom. The van der Waals surface area contributed by atoms with E-state index in [0.29, 0.717) is 25.1 Å². The minimum atomic E-state index is -0.422. The summed E-state index contributed by atoms with van der Waals surface area (Å²) in [5.41, 5.74) is 6.86. The van der Waals surface area contributed by atoms with Crippen LogP contribution < -0.4 is 5.32 Å². The SMILES string of the molecule is Cc1ccc(Cn2cc([C@@H](CC(=O)NCCc3ccccn3)c3cc(C)ccc3F)c3ccccc32)cc1. The molecule has 2 heterocycles. The summed E-state index contributed by atoms with van der Waals surface area (Å²) >= 11 is 0. The minimum absolute atomic E-state index is 0.109. The van der Waals surface area contributed by atoms with Gasteiger partial charge in [-0.25, -0.2) is 4.39 Å². The number of carbonyl (C=O) groups is 1. The number of rotatable bonds is 9. The molecule has 38 heavy (non-hydrogen) atoms. The van der Waals surface area contributed by atoms with Gasteiger partial charge in [0.15, 0.2) is 0 Å². The van der Waals surface area contributed by atoms with Gasteiger partial charge >= 0.3 is 0 Å². The minimum Gasteiger partial charge on any atom is -0.356 e. The third kappa shape index (κ3) is 5.83. The zero-order valence-electron chi connectivity index (χ0n) is 21.8. The van der Waals surface area contributed by atoms with E-state index < -0.39 is 5.92 Å². The van der Waals surface area contributed by atoms with Crippen LogP contribution in [0, 0.1) is 19.7 Å². The molecular formula is C33H32FN3O. The van der Waals surface area contributed by atoms with Crippen LogP contribution in [-0.2, 0) is 17.8 Å². The molecule has 1 amide bonds. The molecule has 192 valence electrons. The number of nitrogens with zero attached hydrogens (tertiary/aromatic N) is 2. The summed E-state index contributed by atoms with van der Waals surface area (Å²) in [5, 5.41) is 4.06. The van der Waals surface area contributed by atoms with Gasteiger partial charge in [-0.1, -0.05) is 71.8 Å². The normalized spacial score (nSPS) is 12.0. The number of pyridine rings is 1. The highest BCUT2D eigenvalue weighted by molar-refractivity contribution is 5.87. The summed E-state index contributed by atoms with van der Waals surface area (Å²) in [5.74, 6) is -0.826. The van der Waals surface area contributed by atoms with Crippen molar-refractivity contribution in [3.8, 4) is 0 Å². The third-order valence-electron chi connectivity index (χ3n) is 7.01. The van der Waals surface area contributed by atoms with Gasteiger partial charge in [-0.05, 0) is 54.8 Å². The molecule has 0 radical (unpaired) electrons. The molecule has 0 aliphatic carbocycles. The lowest BCUT2D eigenvalue weighted by molar-refractivity contribution is -0.121. The highest BCUT2D eigenvalue weighted by Gasteiger charge is 2.25. The number of carbonyl (C=O) groups excluding carboxylic acids is 1. The van der Waals surface area contributed by atoms with Crippen molar-refractivity contribution in [1.82, 2.24) is 14.9 Å². The van der Waals surface area contributed by atoms with E-state index in [1.165, 1.54) is 17.2 Å². The van der Waals surface area contributed by atoms with Crippen LogP contribution >= 0.6 is 0 Å². The lowest BCUT2D eigenvalue weighted by Crippen LogP contribution is -2.27. The molecule has 0 saturated heterocycles. The Labute approximate surface area is 223 Å². The van der Waals surface area contributed by atoms with Crippen molar-refractivity contribution >= 4 is 16.8 Å². The maximum Gasteiger partial charge on any atom is 0.220 e. The van der Waals surface area contributed by atoms with Crippen molar-refractivity contribution in [1.29, 1.82) is 0 Å². The molecule has 4 nitrogen and oxygen atoms in total. The van der Waals surface area contributed by atoms with Crippen molar-refractivity contribution in [3.05, 3.63) is 137 Å². The van der Waals surface area contributed by atoms with Crippen LogP contribution in [0.4, 0.5) is 4.39 Å². The summed E-state index contributed by atoms with van der Waals surface area (Å²) in [6.07, 6.45) is 4.64. The Morgan fingerprint density at radius 3 is 2.47 bits per heavy atom. The number of amides is 1. The molecule has 0 spiro atoms. The summed E-state index contributed by atoms with van der Waals surface area (Å²) in [4.78, 5) is 17.5. The standard InChI is InChI=1S/C33H32FN3O/c1-23-10-13-25(14-11-23)21-37-22-30(27-8-3-4-9-32(27)37)28(29-19-24(2)12-15-31(29)34)20-33(38)36-18-16-26-7-5-6-17-35-26/h3-15,17,19,22,28H,16,18,20-21H2,1-2H3,(H,36,38)/t28-/m0/s1. The van der Waals surface area contributed by atoms with E-state index in [4.69, 9.17) is 0 Å². The molecule has 3 aromatic carbocycles. The number of fused-ring (bicyclic) bond motifs is 1. The van der Waals surface area contributed by atoms with E-state index in [-0.39, 0.29) is 18.1 Å². The van der Waals surface area contributed by atoms with Gasteiger partial charge in [-0.15, -0.1) is 0 Å². The fourth-order valence-corrected chi connectivity index (χ4v) is 5.03. The first-order valence-electron chi connectivity index (χ1n) is 13.0. The maximum atomic E-state index is 15.3. The Balaban J connectivity index is 1.48. The Bertz CT molecular complexity index is 1540. The summed E-state index contributed by atoms with van der Waals surface area (Å²) in [6, 6.07) is 27.6. The second kappa shape index (κ2) is 11.4. The summed E-state index contributed by atoms with van der Waals surface area (Å²) in [6.45, 7) is 5.21. The smallest absolute Gasteiger partial charge is 0.220 e. The first kappa shape index (κ1) is 25.4. The first-order chi connectivity index (χ1) is 18.5. The van der Waals surface area contributed by atoms with Gasteiger partial charge in [-0.2, -0.15) is 0 Å². The molecule has 0 bridgehead atoms. The average molecular weight is 506 g/mol. The predicted octanol–water partition coefficient (Wildman–Crippen LogP) is 6.72. The van der Waals surface area contributed by atoms with Crippen molar-refractivity contribution < 1.29 is 9.18 Å². The van der Waals surface area contributed by atoms with Crippen LogP contribution in [0.3, 0.4) is 0 Å². The average Bonchev–Trinajstić information content (AvgIpc) is 3.29. The van der Waals surface area contributed by atoms with Crippen LogP contribution in [0.25, 0.3) is 10.9 Å². The molecule has 1 N–H and O–H groups in total. The van der Waals surface area contributed by atoms with Crippen molar-refractivity contribution in [2.75, 3.05) is 6.54 Å². The van der Waals surface area contributed by atoms with Gasteiger partial charge in [0, 0.05) is 60.8 Å². The van der Waals surface area contributed by atoms with Gasteiger partial charge in [0.25, 0.3) is 0 Å². The molecule has 0 saturated carbocycles. The summed E-state index contributed by atoms with van der Waals surface area (Å²) in [7, 11) is 0. The van der Waals surface area contributed by atoms with Gasteiger partial charge in [0.2, 0.25) is 5.91 Å². The Hall–Kier alpha value is -4.25. The zero-order valence-corrected chi connectivity index (χ0v) is 21.8. The number of aryl methyl sites for hydroxylation is 2. The second-order valence-corrected chi connectivity index (χ2v) is 9.92. The highest BCUT2D eigenvalue weighted by atomic mass is 19.1. The molecule has 0 fully saturated rings. The molecule has 5 heteroatoms. The summed E-state index contributed by atoms with van der Waals surface area (Å²) < 4.78 is 17.5. The van der Waals surface area contributed by atoms with E-state index in [9.17, 15) is 4.79 Å². The van der Waals surface area contributed by atoms with Crippen LogP contribution in [0.2, 0.25) is 0 Å². The monoisotopic (exact) mass is 505 g/mol. The van der Waals surface area contributed by atoms with E-state index in [0.717, 1.165) is 27.7 Å². The van der Waals surface area contributed by atoms with Crippen LogP contribution in [0.5, 0.6) is 0 Å². The van der Waals surface area contributed by atoms with Crippen molar-refractivity contribution in [2.45, 2.75) is 39.2 Å². The lowest BCUT2D eigenvalue weighted by atomic mass is 9.87. The van der Waals surface area contributed by atoms with Gasteiger partial charge < -0.3 is 9.88 Å². The van der Waals surface area contributed by atoms with Gasteiger partial charge in [0.05, 0.1) is 0 Å². The second-order valence-electron chi connectivity index (χ2n) is 9.92. The molecule has 5 rings (SSSR count). The number of aromatic nitrogens is 2. The lowest BCUT2D eigenvalue weighted by Gasteiger charge is -2.19. The molecule has 0 aliphatic rings. The molecule has 5 aromatic rings. The Morgan fingerprint density at radius 1 is 0.921 bits per heavy atom. The van der Waals surface area contributed by atoms with E-state index >= 15 is 4.39 Å². The number of hydrogen-bond acceptors (Lipinski definition) is 2. The Kier molecular flexibility index (Phi) is 7.64. The number of para-hydroxylation sites is 1. The number of hydrogen-bond donors (Lipinski definition) is 1. The predicted molar refractivity (Wildman–Crippen MR) is 151 cm³/mol. The van der Waals surface area contributed by atoms with E-state index in [1.54, 1.807) is 12.3 Å². The molecule has 0 unspecified atom stereocenters. The molecule has 2 aromatic heterocycles. The van der Waals surface area contributed by atoms with E-state index in [2.05, 4.69) is 64.4 Å². The van der Waals surface area contributed by atoms with E-state index in [1.807, 2.05) is 43.3 Å². The van der Waals surface area contributed by atoms with Crippen LogP contribution in [-0.4, -0.2) is 22.0 Å². The van der Waals surface area contributed by atoms with Crippen molar-refractivity contribution in [2.24, 2.45) is 0 Å². The third-order valence-corrected chi connectivity index (χ3v) is 7.01. The van der Waals surface area contributed by atoms with Gasteiger partial charge in [0.1, 0.15) is 5.82 Å². The molecule has 0 aliphatic heterocycles. The highest BCUT2D eigenvalue weighted by Crippen LogP contribution is 2.36. The maximum absolute atomic E-state index is 15.3. The van der Waals surface area contributed by atoms with Gasteiger partial charge in [-0.3, -0.25) is 9.78 Å². The molecule has 1 atom stereocenters. The topological polar surface area (TPSA) is 46.9 Å². The molecular weight excluding hydrogens is 473 g/mol. The fourth-order valence-electron chi connectivity index (χ4n) is 5.03. The zero-order chi connectivity index (χ0) is 26.5. The quantitative estimate of drug-likeness (QED) is 0.242. The fraction of sp³-hybridized carbons (Fsp3) is 0.212.